The molecular formula is C17H25NOS. The second-order valence-corrected chi connectivity index (χ2v) is 6.63. The Morgan fingerprint density at radius 2 is 2.05 bits per heavy atom. The Kier molecular flexibility index (Phi) is 6.59. The Balaban J connectivity index is 1.87. The lowest BCUT2D eigenvalue weighted by molar-refractivity contribution is 0.215. The van der Waals surface area contributed by atoms with E-state index in [-0.39, 0.29) is 6.61 Å². The highest BCUT2D eigenvalue weighted by atomic mass is 32.1. The van der Waals surface area contributed by atoms with Gasteiger partial charge in [-0.25, -0.2) is 0 Å². The molecule has 0 radical (unpaired) electrons. The molecule has 3 heteroatoms. The average Bonchev–Trinajstić information content (AvgIpc) is 2.72. The Morgan fingerprint density at radius 1 is 1.30 bits per heavy atom. The Morgan fingerprint density at radius 3 is 2.75 bits per heavy atom. The fourth-order valence-corrected chi connectivity index (χ4v) is 3.70. The lowest BCUT2D eigenvalue weighted by Gasteiger charge is -2.26. The third kappa shape index (κ3) is 4.94. The van der Waals surface area contributed by atoms with Crippen LogP contribution in [-0.2, 0) is 6.54 Å². The van der Waals surface area contributed by atoms with Gasteiger partial charge in [0.1, 0.15) is 0 Å². The zero-order chi connectivity index (χ0) is 14.2. The molecule has 0 aliphatic heterocycles. The van der Waals surface area contributed by atoms with Crippen molar-refractivity contribution in [3.8, 4) is 11.8 Å². The molecule has 1 heterocycles. The molecule has 0 unspecified atom stereocenters. The zero-order valence-electron chi connectivity index (χ0n) is 12.4. The number of thiophene rings is 1. The van der Waals surface area contributed by atoms with Crippen molar-refractivity contribution in [2.24, 2.45) is 0 Å². The van der Waals surface area contributed by atoms with Crippen LogP contribution in [-0.4, -0.2) is 29.7 Å². The van der Waals surface area contributed by atoms with Gasteiger partial charge in [0.05, 0.1) is 6.61 Å². The van der Waals surface area contributed by atoms with Crippen LogP contribution in [0.2, 0.25) is 0 Å². The van der Waals surface area contributed by atoms with Gasteiger partial charge >= 0.3 is 0 Å². The van der Waals surface area contributed by atoms with E-state index in [0.29, 0.717) is 6.42 Å². The monoisotopic (exact) mass is 291 g/mol. The highest BCUT2D eigenvalue weighted by molar-refractivity contribution is 7.10. The molecule has 2 nitrogen and oxygen atoms in total. The number of hydrogen-bond donors (Lipinski definition) is 1. The average molecular weight is 291 g/mol. The second kappa shape index (κ2) is 8.46. The summed E-state index contributed by atoms with van der Waals surface area (Å²) < 4.78 is 0. The third-order valence-corrected chi connectivity index (χ3v) is 4.90. The van der Waals surface area contributed by atoms with Gasteiger partial charge in [0.15, 0.2) is 0 Å². The van der Waals surface area contributed by atoms with E-state index in [9.17, 15) is 0 Å². The SMILES string of the molecule is CN(Cc1cc(C#CCCO)cs1)C1CCCCCC1. The van der Waals surface area contributed by atoms with Crippen LogP contribution in [0.4, 0.5) is 0 Å². The molecule has 0 bridgehead atoms. The van der Waals surface area contributed by atoms with Crippen LogP contribution in [0.5, 0.6) is 0 Å². The molecule has 1 aromatic rings. The Labute approximate surface area is 126 Å². The predicted molar refractivity (Wildman–Crippen MR) is 85.9 cm³/mol. The van der Waals surface area contributed by atoms with Crippen molar-refractivity contribution in [1.29, 1.82) is 0 Å². The van der Waals surface area contributed by atoms with Crippen LogP contribution in [0.15, 0.2) is 11.4 Å². The molecule has 0 amide bonds. The maximum Gasteiger partial charge on any atom is 0.0540 e. The van der Waals surface area contributed by atoms with Gasteiger partial charge in [0.25, 0.3) is 0 Å². The molecule has 1 aromatic heterocycles. The number of aliphatic hydroxyl groups excluding tert-OH is 1. The van der Waals surface area contributed by atoms with Crippen molar-refractivity contribution in [2.45, 2.75) is 57.5 Å². The summed E-state index contributed by atoms with van der Waals surface area (Å²) in [6.45, 7) is 1.19. The molecule has 1 fully saturated rings. The van der Waals surface area contributed by atoms with E-state index in [4.69, 9.17) is 5.11 Å². The number of hydrogen-bond acceptors (Lipinski definition) is 3. The number of rotatable bonds is 4. The first-order valence-electron chi connectivity index (χ1n) is 7.67. The minimum Gasteiger partial charge on any atom is -0.395 e. The van der Waals surface area contributed by atoms with Gasteiger partial charge in [-0.15, -0.1) is 11.3 Å². The molecule has 1 saturated carbocycles. The second-order valence-electron chi connectivity index (χ2n) is 5.64. The van der Waals surface area contributed by atoms with Crippen molar-refractivity contribution >= 4 is 11.3 Å². The van der Waals surface area contributed by atoms with Crippen molar-refractivity contribution in [3.05, 3.63) is 21.9 Å². The summed E-state index contributed by atoms with van der Waals surface area (Å²) in [5.74, 6) is 6.09. The molecule has 0 aromatic carbocycles. The normalized spacial score (nSPS) is 16.8. The number of nitrogens with zero attached hydrogens (tertiary/aromatic N) is 1. The standard InChI is InChI=1S/C17H25NOS/c1-18(16-9-4-2-3-5-10-16)13-17-12-15(14-20-17)8-6-7-11-19/h12,14,16,19H,2-5,7,9-11,13H2,1H3. The molecular weight excluding hydrogens is 266 g/mol. The quantitative estimate of drug-likeness (QED) is 0.676. The highest BCUT2D eigenvalue weighted by Gasteiger charge is 2.17. The fourth-order valence-electron chi connectivity index (χ4n) is 2.82. The van der Waals surface area contributed by atoms with Crippen molar-refractivity contribution < 1.29 is 5.11 Å². The molecule has 0 saturated heterocycles. The Bertz CT molecular complexity index is 449. The molecule has 110 valence electrons. The van der Waals surface area contributed by atoms with E-state index in [1.807, 2.05) is 0 Å². The lowest BCUT2D eigenvalue weighted by Crippen LogP contribution is -2.30. The predicted octanol–water partition coefficient (Wildman–Crippen LogP) is 3.64. The Hall–Kier alpha value is -0.820. The van der Waals surface area contributed by atoms with Gasteiger partial charge in [0.2, 0.25) is 0 Å². The summed E-state index contributed by atoms with van der Waals surface area (Å²) in [4.78, 5) is 3.91. The summed E-state index contributed by atoms with van der Waals surface area (Å²) >= 11 is 1.80. The van der Waals surface area contributed by atoms with Gasteiger partial charge in [-0.05, 0) is 26.0 Å². The zero-order valence-corrected chi connectivity index (χ0v) is 13.2. The van der Waals surface area contributed by atoms with Crippen LogP contribution < -0.4 is 0 Å². The van der Waals surface area contributed by atoms with Gasteiger partial charge in [-0.1, -0.05) is 37.5 Å². The topological polar surface area (TPSA) is 23.5 Å². The van der Waals surface area contributed by atoms with Gasteiger partial charge in [-0.3, -0.25) is 4.90 Å². The summed E-state index contributed by atoms with van der Waals surface area (Å²) in [6, 6.07) is 2.95. The van der Waals surface area contributed by atoms with E-state index >= 15 is 0 Å². The van der Waals surface area contributed by atoms with E-state index in [0.717, 1.165) is 18.2 Å². The van der Waals surface area contributed by atoms with Crippen LogP contribution in [0.25, 0.3) is 0 Å². The molecule has 1 N–H and O–H groups in total. The molecule has 20 heavy (non-hydrogen) atoms. The smallest absolute Gasteiger partial charge is 0.0540 e. The molecule has 0 atom stereocenters. The first-order valence-corrected chi connectivity index (χ1v) is 8.55. The van der Waals surface area contributed by atoms with E-state index in [2.05, 4.69) is 35.2 Å². The van der Waals surface area contributed by atoms with Gasteiger partial charge < -0.3 is 5.11 Å². The minimum absolute atomic E-state index is 0.147. The van der Waals surface area contributed by atoms with Crippen molar-refractivity contribution in [1.82, 2.24) is 4.90 Å². The summed E-state index contributed by atoms with van der Waals surface area (Å²) in [7, 11) is 2.26. The van der Waals surface area contributed by atoms with Gasteiger partial charge in [-0.2, -0.15) is 0 Å². The highest BCUT2D eigenvalue weighted by Crippen LogP contribution is 2.24. The number of aliphatic hydroxyl groups is 1. The third-order valence-electron chi connectivity index (χ3n) is 3.98. The van der Waals surface area contributed by atoms with Crippen molar-refractivity contribution in [3.63, 3.8) is 0 Å². The first-order chi connectivity index (χ1) is 9.79. The van der Waals surface area contributed by atoms with Crippen molar-refractivity contribution in [2.75, 3.05) is 13.7 Å². The maximum absolute atomic E-state index is 8.73. The van der Waals surface area contributed by atoms with E-state index < -0.39 is 0 Å². The largest absolute Gasteiger partial charge is 0.395 e. The minimum atomic E-state index is 0.147. The van der Waals surface area contributed by atoms with E-state index in [1.54, 1.807) is 11.3 Å². The summed E-state index contributed by atoms with van der Waals surface area (Å²) in [5.41, 5.74) is 1.09. The van der Waals surface area contributed by atoms with E-state index in [1.165, 1.54) is 43.4 Å². The lowest BCUT2D eigenvalue weighted by atomic mass is 10.1. The summed E-state index contributed by atoms with van der Waals surface area (Å²) in [5, 5.41) is 10.9. The van der Waals surface area contributed by atoms with Crippen LogP contribution >= 0.6 is 11.3 Å². The van der Waals surface area contributed by atoms with Crippen LogP contribution in [0.1, 0.15) is 55.4 Å². The van der Waals surface area contributed by atoms with Crippen LogP contribution in [0.3, 0.4) is 0 Å². The maximum atomic E-state index is 8.73. The van der Waals surface area contributed by atoms with Crippen LogP contribution in [0, 0.1) is 11.8 Å². The molecule has 2 rings (SSSR count). The van der Waals surface area contributed by atoms with Gasteiger partial charge in [0, 0.05) is 34.8 Å². The molecule has 1 aliphatic carbocycles. The fraction of sp³-hybridized carbons (Fsp3) is 0.647. The molecule has 0 spiro atoms. The summed E-state index contributed by atoms with van der Waals surface area (Å²) in [6.07, 6.45) is 8.86. The first kappa shape index (κ1) is 15.6. The molecule has 1 aliphatic rings.